The molecule has 0 fully saturated rings. The lowest BCUT2D eigenvalue weighted by Crippen LogP contribution is -2.22. The maximum absolute atomic E-state index is 16.1. The molecule has 49 heavy (non-hydrogen) atoms. The van der Waals surface area contributed by atoms with Crippen LogP contribution in [0.5, 0.6) is 0 Å². The molecule has 0 saturated carbocycles. The third-order valence-electron chi connectivity index (χ3n) is 9.65. The molecule has 0 bridgehead atoms. The van der Waals surface area contributed by atoms with Crippen LogP contribution in [0.2, 0.25) is 0 Å². The second kappa shape index (κ2) is 10.7. The lowest BCUT2D eigenvalue weighted by molar-refractivity contribution is 0.593. The summed E-state index contributed by atoms with van der Waals surface area (Å²) in [7, 11) is -3.34. The molecule has 2 aromatic heterocycles. The summed E-state index contributed by atoms with van der Waals surface area (Å²) in [5.41, 5.74) is 5.56. The van der Waals surface area contributed by atoms with Gasteiger partial charge in [0.15, 0.2) is 18.8 Å². The second-order valence-electron chi connectivity index (χ2n) is 12.4. The fourth-order valence-corrected chi connectivity index (χ4v) is 10.8. The molecule has 0 saturated heterocycles. The van der Waals surface area contributed by atoms with Gasteiger partial charge in [-0.05, 0) is 28.0 Å². The Kier molecular flexibility index (Phi) is 6.08. The number of benzene rings is 7. The lowest BCUT2D eigenvalue weighted by Gasteiger charge is -2.18. The summed E-state index contributed by atoms with van der Waals surface area (Å²) in [6, 6.07) is 55.2. The lowest BCUT2D eigenvalue weighted by atomic mass is 10.0. The van der Waals surface area contributed by atoms with Crippen molar-refractivity contribution in [3.63, 3.8) is 0 Å². The van der Waals surface area contributed by atoms with Crippen molar-refractivity contribution in [1.29, 1.82) is 0 Å². The van der Waals surface area contributed by atoms with E-state index >= 15 is 4.57 Å². The molecule has 3 heterocycles. The van der Waals surface area contributed by atoms with E-state index in [2.05, 4.69) is 59.2 Å². The van der Waals surface area contributed by atoms with Crippen LogP contribution in [-0.2, 0) is 4.57 Å². The van der Waals surface area contributed by atoms with E-state index in [1.54, 1.807) is 0 Å². The van der Waals surface area contributed by atoms with Gasteiger partial charge in [-0.2, -0.15) is 9.97 Å². The first kappa shape index (κ1) is 27.9. The molecule has 9 aromatic rings. The Labute approximate surface area is 282 Å². The highest BCUT2D eigenvalue weighted by Crippen LogP contribution is 2.55. The van der Waals surface area contributed by atoms with Gasteiger partial charge in [-0.25, -0.2) is 4.98 Å². The minimum Gasteiger partial charge on any atom is -0.309 e. The predicted molar refractivity (Wildman–Crippen MR) is 201 cm³/mol. The van der Waals surface area contributed by atoms with Crippen molar-refractivity contribution >= 4 is 55.6 Å². The fourth-order valence-electron chi connectivity index (χ4n) is 7.50. The molecule has 5 nitrogen and oxygen atoms in total. The highest BCUT2D eigenvalue weighted by atomic mass is 31.2. The van der Waals surface area contributed by atoms with Crippen molar-refractivity contribution in [2.75, 3.05) is 0 Å². The van der Waals surface area contributed by atoms with Crippen molar-refractivity contribution in [1.82, 2.24) is 19.5 Å². The van der Waals surface area contributed by atoms with Gasteiger partial charge >= 0.3 is 0 Å². The molecule has 1 aliphatic heterocycles. The van der Waals surface area contributed by atoms with E-state index in [4.69, 9.17) is 15.0 Å². The number of hydrogen-bond donors (Lipinski definition) is 0. The van der Waals surface area contributed by atoms with Crippen molar-refractivity contribution in [2.45, 2.75) is 0 Å². The Bertz CT molecular complexity index is 2740. The van der Waals surface area contributed by atoms with E-state index in [9.17, 15) is 0 Å². The van der Waals surface area contributed by atoms with Crippen molar-refractivity contribution in [2.24, 2.45) is 0 Å². The van der Waals surface area contributed by atoms with Gasteiger partial charge in [-0.15, -0.1) is 0 Å². The summed E-state index contributed by atoms with van der Waals surface area (Å²) in [5.74, 6) is 1.62. The molecular weight excluding hydrogens is 619 g/mol. The molecule has 0 amide bonds. The zero-order chi connectivity index (χ0) is 32.5. The van der Waals surface area contributed by atoms with Gasteiger partial charge in [0, 0.05) is 32.5 Å². The predicted octanol–water partition coefficient (Wildman–Crippen LogP) is 9.08. The summed E-state index contributed by atoms with van der Waals surface area (Å²) in [4.78, 5) is 15.4. The van der Waals surface area contributed by atoms with Gasteiger partial charge in [-0.1, -0.05) is 158 Å². The van der Waals surface area contributed by atoms with Gasteiger partial charge in [0.05, 0.1) is 16.3 Å². The van der Waals surface area contributed by atoms with E-state index < -0.39 is 7.14 Å². The Balaban J connectivity index is 1.41. The third-order valence-corrected chi connectivity index (χ3v) is 12.8. The van der Waals surface area contributed by atoms with Crippen LogP contribution in [0.1, 0.15) is 0 Å². The largest absolute Gasteiger partial charge is 0.309 e. The van der Waals surface area contributed by atoms with Gasteiger partial charge in [0.2, 0.25) is 5.95 Å². The molecule has 1 aliphatic rings. The molecule has 230 valence electrons. The summed E-state index contributed by atoms with van der Waals surface area (Å²) in [6.45, 7) is 0. The van der Waals surface area contributed by atoms with Crippen molar-refractivity contribution in [3.05, 3.63) is 164 Å². The summed E-state index contributed by atoms with van der Waals surface area (Å²) < 4.78 is 18.2. The summed E-state index contributed by atoms with van der Waals surface area (Å²) in [5, 5.41) is 6.83. The first-order valence-corrected chi connectivity index (χ1v) is 18.0. The topological polar surface area (TPSA) is 60.7 Å². The average molecular weight is 647 g/mol. The fraction of sp³-hybridized carbons (Fsp3) is 0. The van der Waals surface area contributed by atoms with Crippen LogP contribution in [0.3, 0.4) is 0 Å². The number of hydrogen-bond acceptors (Lipinski definition) is 4. The molecule has 0 radical (unpaired) electrons. The van der Waals surface area contributed by atoms with E-state index in [1.807, 2.05) is 109 Å². The van der Waals surface area contributed by atoms with Crippen LogP contribution >= 0.6 is 7.14 Å². The molecule has 7 aromatic carbocycles. The SMILES string of the molecule is O=P1(c2ccccc2)c2ccccc2-c2ccc3c4c5ccccc5ccc4n(-c4nc(-c5ccccc5)nc(-c5ccccc5)n4)c3c21. The van der Waals surface area contributed by atoms with E-state index in [1.165, 1.54) is 0 Å². The maximum Gasteiger partial charge on any atom is 0.238 e. The molecule has 6 heteroatoms. The zero-order valence-electron chi connectivity index (χ0n) is 26.2. The Morgan fingerprint density at radius 3 is 1.82 bits per heavy atom. The molecule has 0 spiro atoms. The van der Waals surface area contributed by atoms with Crippen LogP contribution in [-0.4, -0.2) is 19.5 Å². The van der Waals surface area contributed by atoms with Crippen LogP contribution < -0.4 is 15.9 Å². The third kappa shape index (κ3) is 4.06. The first-order chi connectivity index (χ1) is 24.2. The molecule has 10 rings (SSSR count). The molecule has 1 unspecified atom stereocenters. The van der Waals surface area contributed by atoms with E-state index in [-0.39, 0.29) is 0 Å². The van der Waals surface area contributed by atoms with Crippen molar-refractivity contribution < 1.29 is 4.57 Å². The van der Waals surface area contributed by atoms with Crippen LogP contribution in [0.4, 0.5) is 0 Å². The number of nitrogens with zero attached hydrogens (tertiary/aromatic N) is 4. The summed E-state index contributed by atoms with van der Waals surface area (Å²) in [6.07, 6.45) is 0. The summed E-state index contributed by atoms with van der Waals surface area (Å²) >= 11 is 0. The van der Waals surface area contributed by atoms with E-state index in [0.29, 0.717) is 17.6 Å². The van der Waals surface area contributed by atoms with Crippen LogP contribution in [0, 0.1) is 0 Å². The number of aromatic nitrogens is 4. The van der Waals surface area contributed by atoms with Gasteiger partial charge in [0.1, 0.15) is 0 Å². The minimum absolute atomic E-state index is 0.479. The highest BCUT2D eigenvalue weighted by molar-refractivity contribution is 7.86. The first-order valence-electron chi connectivity index (χ1n) is 16.3. The number of fused-ring (bicyclic) bond motifs is 9. The Morgan fingerprint density at radius 2 is 1.10 bits per heavy atom. The Hall–Kier alpha value is -6.16. The van der Waals surface area contributed by atoms with Crippen LogP contribution in [0.15, 0.2) is 164 Å². The number of rotatable bonds is 4. The van der Waals surface area contributed by atoms with E-state index in [0.717, 1.165) is 70.7 Å². The molecule has 0 N–H and O–H groups in total. The maximum atomic E-state index is 16.1. The normalized spacial score (nSPS) is 15.1. The Morgan fingerprint density at radius 1 is 0.490 bits per heavy atom. The molecule has 0 aliphatic carbocycles. The average Bonchev–Trinajstić information content (AvgIpc) is 3.66. The quantitative estimate of drug-likeness (QED) is 0.179. The molecule has 1 atom stereocenters. The smallest absolute Gasteiger partial charge is 0.238 e. The zero-order valence-corrected chi connectivity index (χ0v) is 27.1. The van der Waals surface area contributed by atoms with Crippen LogP contribution in [0.25, 0.3) is 72.4 Å². The standard InChI is InChI=1S/C43H27N4OP/c48-49(31-19-8-3-9-20-31)37-23-13-12-22-33(37)34-25-26-35-38-32-21-11-10-14-28(32)24-27-36(38)47(39(35)40(34)49)43-45-41(29-15-4-1-5-16-29)44-42(46-43)30-17-6-2-7-18-30/h1-27H. The minimum atomic E-state index is -3.34. The highest BCUT2D eigenvalue weighted by Gasteiger charge is 2.43. The second-order valence-corrected chi connectivity index (χ2v) is 15.0. The van der Waals surface area contributed by atoms with Gasteiger partial charge in [0.25, 0.3) is 0 Å². The van der Waals surface area contributed by atoms with Crippen molar-refractivity contribution in [3.8, 4) is 39.9 Å². The van der Waals surface area contributed by atoms with Gasteiger partial charge in [-0.3, -0.25) is 4.57 Å². The van der Waals surface area contributed by atoms with Gasteiger partial charge < -0.3 is 4.57 Å². The molecular formula is C43H27N4OP. The monoisotopic (exact) mass is 646 g/mol.